The monoisotopic (exact) mass is 208 g/mol. The molecular weight excluding hydrogens is 192 g/mol. The zero-order valence-electron chi connectivity index (χ0n) is 8.81. The first-order chi connectivity index (χ1) is 7.25. The van der Waals surface area contributed by atoms with Gasteiger partial charge in [-0.1, -0.05) is 0 Å². The van der Waals surface area contributed by atoms with Crippen molar-refractivity contribution in [3.63, 3.8) is 0 Å². The van der Waals surface area contributed by atoms with Crippen LogP contribution in [-0.2, 0) is 4.74 Å². The predicted molar refractivity (Wildman–Crippen MR) is 58.5 cm³/mol. The summed E-state index contributed by atoms with van der Waals surface area (Å²) in [4.78, 5) is 8.20. The van der Waals surface area contributed by atoms with Gasteiger partial charge in [-0.3, -0.25) is 0 Å². The fourth-order valence-electron chi connectivity index (χ4n) is 1.68. The Bertz CT molecular complexity index is 308. The number of rotatable bonds is 3. The van der Waals surface area contributed by atoms with Gasteiger partial charge >= 0.3 is 0 Å². The number of aromatic nitrogens is 2. The van der Waals surface area contributed by atoms with Crippen molar-refractivity contribution >= 4 is 11.6 Å². The lowest BCUT2D eigenvalue weighted by molar-refractivity contribution is 0.183. The molecule has 2 heterocycles. The van der Waals surface area contributed by atoms with E-state index >= 15 is 0 Å². The summed E-state index contributed by atoms with van der Waals surface area (Å²) in [6.45, 7) is 3.81. The van der Waals surface area contributed by atoms with Gasteiger partial charge < -0.3 is 15.8 Å². The van der Waals surface area contributed by atoms with E-state index in [0.29, 0.717) is 23.6 Å². The number of nitrogens with zero attached hydrogens (tertiary/aromatic N) is 2. The fourth-order valence-corrected chi connectivity index (χ4v) is 1.68. The van der Waals surface area contributed by atoms with Gasteiger partial charge in [0.25, 0.3) is 0 Å². The van der Waals surface area contributed by atoms with Crippen LogP contribution in [0, 0.1) is 5.92 Å². The van der Waals surface area contributed by atoms with Gasteiger partial charge in [0.1, 0.15) is 0 Å². The molecule has 1 aromatic heterocycles. The van der Waals surface area contributed by atoms with Crippen molar-refractivity contribution in [3.8, 4) is 0 Å². The van der Waals surface area contributed by atoms with Crippen molar-refractivity contribution in [1.29, 1.82) is 0 Å². The predicted octanol–water partition coefficient (Wildman–Crippen LogP) is 0.896. The van der Waals surface area contributed by atoms with Crippen molar-refractivity contribution in [2.24, 2.45) is 5.92 Å². The molecule has 2 atom stereocenters. The SMILES string of the molecule is CC(Nc1ncc(N)cn1)C1CCOC1. The molecule has 1 aromatic rings. The second-order valence-electron chi connectivity index (χ2n) is 3.90. The van der Waals surface area contributed by atoms with Crippen molar-refractivity contribution in [2.75, 3.05) is 24.3 Å². The minimum Gasteiger partial charge on any atom is -0.396 e. The quantitative estimate of drug-likeness (QED) is 0.772. The van der Waals surface area contributed by atoms with Crippen LogP contribution in [0.5, 0.6) is 0 Å². The lowest BCUT2D eigenvalue weighted by Gasteiger charge is -2.18. The molecule has 0 radical (unpaired) electrons. The Hall–Kier alpha value is -1.36. The summed E-state index contributed by atoms with van der Waals surface area (Å²) in [6.07, 6.45) is 4.31. The third kappa shape index (κ3) is 2.56. The smallest absolute Gasteiger partial charge is 0.222 e. The molecule has 15 heavy (non-hydrogen) atoms. The van der Waals surface area contributed by atoms with Crippen LogP contribution in [0.1, 0.15) is 13.3 Å². The lowest BCUT2D eigenvalue weighted by atomic mass is 10.0. The minimum atomic E-state index is 0.330. The average Bonchev–Trinajstić information content (AvgIpc) is 2.74. The first-order valence-corrected chi connectivity index (χ1v) is 5.17. The Morgan fingerprint density at radius 3 is 2.87 bits per heavy atom. The third-order valence-electron chi connectivity index (χ3n) is 2.70. The van der Waals surface area contributed by atoms with Crippen LogP contribution >= 0.6 is 0 Å². The standard InChI is InChI=1S/C10H16N4O/c1-7(8-2-3-15-6-8)14-10-12-4-9(11)5-13-10/h4-5,7-8H,2-3,6,11H2,1H3,(H,12,13,14). The highest BCUT2D eigenvalue weighted by molar-refractivity contribution is 5.36. The molecule has 0 aliphatic carbocycles. The summed E-state index contributed by atoms with van der Waals surface area (Å²) in [5.74, 6) is 1.18. The second kappa shape index (κ2) is 4.44. The molecule has 0 spiro atoms. The molecule has 1 fully saturated rings. The summed E-state index contributed by atoms with van der Waals surface area (Å²) in [5, 5.41) is 3.25. The molecule has 0 aromatic carbocycles. The lowest BCUT2D eigenvalue weighted by Crippen LogP contribution is -2.27. The zero-order valence-corrected chi connectivity index (χ0v) is 8.81. The van der Waals surface area contributed by atoms with E-state index in [0.717, 1.165) is 19.6 Å². The van der Waals surface area contributed by atoms with Gasteiger partial charge in [-0.2, -0.15) is 0 Å². The Kier molecular flexibility index (Phi) is 3.01. The van der Waals surface area contributed by atoms with Crippen LogP contribution in [-0.4, -0.2) is 29.2 Å². The molecule has 1 saturated heterocycles. The summed E-state index contributed by atoms with van der Waals surface area (Å²) < 4.78 is 5.33. The number of hydrogen-bond donors (Lipinski definition) is 2. The van der Waals surface area contributed by atoms with E-state index in [4.69, 9.17) is 10.5 Å². The maximum atomic E-state index is 5.51. The zero-order chi connectivity index (χ0) is 10.7. The van der Waals surface area contributed by atoms with E-state index in [2.05, 4.69) is 22.2 Å². The summed E-state index contributed by atoms with van der Waals surface area (Å²) in [5.41, 5.74) is 6.09. The molecule has 5 nitrogen and oxygen atoms in total. The maximum Gasteiger partial charge on any atom is 0.222 e. The number of hydrogen-bond acceptors (Lipinski definition) is 5. The van der Waals surface area contributed by atoms with E-state index in [1.54, 1.807) is 12.4 Å². The molecule has 0 bridgehead atoms. The van der Waals surface area contributed by atoms with E-state index in [-0.39, 0.29) is 0 Å². The highest BCUT2D eigenvalue weighted by atomic mass is 16.5. The van der Waals surface area contributed by atoms with Crippen molar-refractivity contribution in [3.05, 3.63) is 12.4 Å². The van der Waals surface area contributed by atoms with Crippen LogP contribution in [0.25, 0.3) is 0 Å². The number of nitrogens with two attached hydrogens (primary N) is 1. The molecule has 0 saturated carbocycles. The van der Waals surface area contributed by atoms with Crippen LogP contribution in [0.15, 0.2) is 12.4 Å². The van der Waals surface area contributed by atoms with Crippen molar-refractivity contribution < 1.29 is 4.74 Å². The number of nitrogen functional groups attached to an aromatic ring is 1. The van der Waals surface area contributed by atoms with Crippen LogP contribution < -0.4 is 11.1 Å². The first-order valence-electron chi connectivity index (χ1n) is 5.17. The highest BCUT2D eigenvalue weighted by Gasteiger charge is 2.22. The molecule has 1 aliphatic rings. The van der Waals surface area contributed by atoms with Gasteiger partial charge in [0, 0.05) is 18.6 Å². The average molecular weight is 208 g/mol. The number of ether oxygens (including phenoxy) is 1. The van der Waals surface area contributed by atoms with Gasteiger partial charge in [0.2, 0.25) is 5.95 Å². The topological polar surface area (TPSA) is 73.1 Å². The van der Waals surface area contributed by atoms with Gasteiger partial charge in [0.05, 0.1) is 24.7 Å². The third-order valence-corrected chi connectivity index (χ3v) is 2.70. The Labute approximate surface area is 89.1 Å². The molecule has 2 rings (SSSR count). The van der Waals surface area contributed by atoms with Crippen LogP contribution in [0.3, 0.4) is 0 Å². The maximum absolute atomic E-state index is 5.51. The molecular formula is C10H16N4O. The van der Waals surface area contributed by atoms with E-state index < -0.39 is 0 Å². The minimum absolute atomic E-state index is 0.330. The van der Waals surface area contributed by atoms with Crippen molar-refractivity contribution in [2.45, 2.75) is 19.4 Å². The molecule has 3 N–H and O–H groups in total. The summed E-state index contributed by atoms with van der Waals surface area (Å²) in [7, 11) is 0. The van der Waals surface area contributed by atoms with E-state index in [9.17, 15) is 0 Å². The van der Waals surface area contributed by atoms with Gasteiger partial charge in [-0.25, -0.2) is 9.97 Å². The largest absolute Gasteiger partial charge is 0.396 e. The Morgan fingerprint density at radius 2 is 2.27 bits per heavy atom. The highest BCUT2D eigenvalue weighted by Crippen LogP contribution is 2.18. The first kappa shape index (κ1) is 10.2. The second-order valence-corrected chi connectivity index (χ2v) is 3.90. The molecule has 0 amide bonds. The molecule has 1 aliphatic heterocycles. The van der Waals surface area contributed by atoms with Gasteiger partial charge in [0.15, 0.2) is 0 Å². The van der Waals surface area contributed by atoms with Gasteiger partial charge in [-0.15, -0.1) is 0 Å². The van der Waals surface area contributed by atoms with Gasteiger partial charge in [-0.05, 0) is 13.3 Å². The van der Waals surface area contributed by atoms with Crippen LogP contribution in [0.4, 0.5) is 11.6 Å². The number of anilines is 2. The number of nitrogens with one attached hydrogen (secondary N) is 1. The Balaban J connectivity index is 1.92. The van der Waals surface area contributed by atoms with E-state index in [1.807, 2.05) is 0 Å². The molecule has 5 heteroatoms. The molecule has 82 valence electrons. The normalized spacial score (nSPS) is 22.6. The fraction of sp³-hybridized carbons (Fsp3) is 0.600. The Morgan fingerprint density at radius 1 is 1.53 bits per heavy atom. The summed E-state index contributed by atoms with van der Waals surface area (Å²) >= 11 is 0. The van der Waals surface area contributed by atoms with Crippen molar-refractivity contribution in [1.82, 2.24) is 9.97 Å². The molecule has 2 unspecified atom stereocenters. The van der Waals surface area contributed by atoms with E-state index in [1.165, 1.54) is 0 Å². The van der Waals surface area contributed by atoms with Crippen LogP contribution in [0.2, 0.25) is 0 Å². The summed E-state index contributed by atoms with van der Waals surface area (Å²) in [6, 6.07) is 0.330.